The van der Waals surface area contributed by atoms with Gasteiger partial charge in [-0.1, -0.05) is 24.3 Å². The second kappa shape index (κ2) is 8.99. The standard InChI is InChI=1S/C28H32N8O/c1-17(2)35-16-29-33-26(35)22-12-9-13-23(31-22)32-27(37)24-18(3)34(7)25-20(10-8-11-21(24)25)19-14-30-36(15-19)28(4,5)6/h8-17H,1-7H3,(H,31,32,37). The highest BCUT2D eigenvalue weighted by Crippen LogP contribution is 2.34. The van der Waals surface area contributed by atoms with Gasteiger partial charge in [-0.25, -0.2) is 4.98 Å². The fourth-order valence-electron chi connectivity index (χ4n) is 4.60. The molecule has 4 aromatic heterocycles. The van der Waals surface area contributed by atoms with E-state index in [4.69, 9.17) is 0 Å². The molecule has 0 aliphatic heterocycles. The molecule has 1 amide bonds. The highest BCUT2D eigenvalue weighted by Gasteiger charge is 2.23. The Balaban J connectivity index is 1.52. The molecule has 0 bridgehead atoms. The molecule has 4 heterocycles. The summed E-state index contributed by atoms with van der Waals surface area (Å²) in [6.07, 6.45) is 5.63. The highest BCUT2D eigenvalue weighted by atomic mass is 16.1. The lowest BCUT2D eigenvalue weighted by atomic mass is 10.0. The molecular formula is C28H32N8O. The number of amides is 1. The minimum absolute atomic E-state index is 0.120. The van der Waals surface area contributed by atoms with Crippen LogP contribution in [0.1, 0.15) is 56.7 Å². The number of nitrogens with zero attached hydrogens (tertiary/aromatic N) is 7. The molecule has 0 saturated carbocycles. The summed E-state index contributed by atoms with van der Waals surface area (Å²) in [6.45, 7) is 12.4. The molecule has 37 heavy (non-hydrogen) atoms. The van der Waals surface area contributed by atoms with Crippen LogP contribution in [0, 0.1) is 6.92 Å². The van der Waals surface area contributed by atoms with E-state index in [1.54, 1.807) is 12.4 Å². The smallest absolute Gasteiger partial charge is 0.259 e. The Morgan fingerprint density at radius 2 is 1.84 bits per heavy atom. The summed E-state index contributed by atoms with van der Waals surface area (Å²) in [5.74, 6) is 0.910. The normalized spacial score (nSPS) is 12.0. The topological polar surface area (TPSA) is 95.5 Å². The van der Waals surface area contributed by atoms with E-state index >= 15 is 0 Å². The lowest BCUT2D eigenvalue weighted by molar-refractivity contribution is 0.102. The highest BCUT2D eigenvalue weighted by molar-refractivity contribution is 6.15. The lowest BCUT2D eigenvalue weighted by Crippen LogP contribution is -2.21. The Labute approximate surface area is 216 Å². The van der Waals surface area contributed by atoms with Crippen LogP contribution in [0.15, 0.2) is 55.1 Å². The zero-order valence-corrected chi connectivity index (χ0v) is 22.3. The first-order valence-electron chi connectivity index (χ1n) is 12.4. The van der Waals surface area contributed by atoms with Crippen molar-refractivity contribution in [2.45, 2.75) is 53.1 Å². The minimum Gasteiger partial charge on any atom is -0.347 e. The van der Waals surface area contributed by atoms with Crippen molar-refractivity contribution in [2.24, 2.45) is 7.05 Å². The SMILES string of the molecule is Cc1c(C(=O)Nc2cccc(-c3nncn3C(C)C)n2)c2cccc(-c3cnn(C(C)(C)C)c3)c2n1C. The van der Waals surface area contributed by atoms with Crippen LogP contribution in [0.2, 0.25) is 0 Å². The number of aromatic nitrogens is 7. The predicted molar refractivity (Wildman–Crippen MR) is 145 cm³/mol. The minimum atomic E-state index is -0.208. The molecule has 5 aromatic rings. The first-order chi connectivity index (χ1) is 17.6. The van der Waals surface area contributed by atoms with E-state index in [-0.39, 0.29) is 17.5 Å². The van der Waals surface area contributed by atoms with Crippen LogP contribution in [-0.4, -0.2) is 40.0 Å². The number of rotatable bonds is 5. The fraction of sp³-hybridized carbons (Fsp3) is 0.321. The Bertz CT molecular complexity index is 1610. The van der Waals surface area contributed by atoms with Crippen LogP contribution in [0.5, 0.6) is 0 Å². The Hall–Kier alpha value is -4.27. The first kappa shape index (κ1) is 24.4. The molecule has 0 unspecified atom stereocenters. The van der Waals surface area contributed by atoms with Gasteiger partial charge in [0.2, 0.25) is 0 Å². The van der Waals surface area contributed by atoms with Gasteiger partial charge in [-0.15, -0.1) is 10.2 Å². The molecular weight excluding hydrogens is 464 g/mol. The van der Waals surface area contributed by atoms with Gasteiger partial charge in [-0.3, -0.25) is 9.48 Å². The maximum atomic E-state index is 13.6. The van der Waals surface area contributed by atoms with E-state index in [9.17, 15) is 4.79 Å². The molecule has 1 N–H and O–H groups in total. The van der Waals surface area contributed by atoms with Crippen molar-refractivity contribution in [2.75, 3.05) is 5.32 Å². The number of aryl methyl sites for hydroxylation is 1. The van der Waals surface area contributed by atoms with Crippen molar-refractivity contribution in [3.8, 4) is 22.6 Å². The van der Waals surface area contributed by atoms with Gasteiger partial charge >= 0.3 is 0 Å². The van der Waals surface area contributed by atoms with Gasteiger partial charge in [0.25, 0.3) is 5.91 Å². The Kier molecular flexibility index (Phi) is 5.94. The van der Waals surface area contributed by atoms with E-state index in [1.807, 2.05) is 53.7 Å². The summed E-state index contributed by atoms with van der Waals surface area (Å²) in [5.41, 5.74) is 5.06. The van der Waals surface area contributed by atoms with Gasteiger partial charge in [-0.2, -0.15) is 5.10 Å². The number of carbonyl (C=O) groups excluding carboxylic acids is 1. The van der Waals surface area contributed by atoms with E-state index in [0.717, 1.165) is 27.7 Å². The Morgan fingerprint density at radius 1 is 1.08 bits per heavy atom. The third kappa shape index (κ3) is 4.30. The van der Waals surface area contributed by atoms with E-state index < -0.39 is 0 Å². The summed E-state index contributed by atoms with van der Waals surface area (Å²) in [6, 6.07) is 11.7. The second-order valence-electron chi connectivity index (χ2n) is 10.6. The summed E-state index contributed by atoms with van der Waals surface area (Å²) in [5, 5.41) is 16.7. The average Bonchev–Trinajstić information content (AvgIpc) is 3.58. The van der Waals surface area contributed by atoms with Gasteiger partial charge in [-0.05, 0) is 53.7 Å². The van der Waals surface area contributed by atoms with Crippen LogP contribution in [-0.2, 0) is 12.6 Å². The summed E-state index contributed by atoms with van der Waals surface area (Å²) < 4.78 is 5.98. The van der Waals surface area contributed by atoms with Crippen LogP contribution < -0.4 is 5.32 Å². The molecule has 0 atom stereocenters. The lowest BCUT2D eigenvalue weighted by Gasteiger charge is -2.18. The molecule has 0 fully saturated rings. The van der Waals surface area contributed by atoms with Crippen LogP contribution >= 0.6 is 0 Å². The number of hydrogen-bond donors (Lipinski definition) is 1. The first-order valence-corrected chi connectivity index (χ1v) is 12.4. The van der Waals surface area contributed by atoms with Crippen molar-refractivity contribution in [1.82, 2.24) is 34.1 Å². The molecule has 5 rings (SSSR count). The maximum absolute atomic E-state index is 13.6. The van der Waals surface area contributed by atoms with Crippen molar-refractivity contribution in [3.63, 3.8) is 0 Å². The van der Waals surface area contributed by atoms with Gasteiger partial charge in [0.1, 0.15) is 17.8 Å². The fourth-order valence-corrected chi connectivity index (χ4v) is 4.60. The van der Waals surface area contributed by atoms with Gasteiger partial charge in [0, 0.05) is 41.5 Å². The Morgan fingerprint density at radius 3 is 2.54 bits per heavy atom. The quantitative estimate of drug-likeness (QED) is 0.342. The van der Waals surface area contributed by atoms with E-state index in [0.29, 0.717) is 22.9 Å². The maximum Gasteiger partial charge on any atom is 0.259 e. The summed E-state index contributed by atoms with van der Waals surface area (Å²) in [7, 11) is 1.99. The number of benzene rings is 1. The van der Waals surface area contributed by atoms with Crippen LogP contribution in [0.4, 0.5) is 5.82 Å². The van der Waals surface area contributed by atoms with Crippen molar-refractivity contribution in [3.05, 3.63) is 66.4 Å². The molecule has 9 nitrogen and oxygen atoms in total. The number of fused-ring (bicyclic) bond motifs is 1. The van der Waals surface area contributed by atoms with Crippen LogP contribution in [0.25, 0.3) is 33.5 Å². The number of nitrogens with one attached hydrogen (secondary N) is 1. The monoisotopic (exact) mass is 496 g/mol. The van der Waals surface area contributed by atoms with Crippen molar-refractivity contribution >= 4 is 22.6 Å². The zero-order valence-electron chi connectivity index (χ0n) is 22.3. The predicted octanol–water partition coefficient (Wildman–Crippen LogP) is 5.59. The number of hydrogen-bond acceptors (Lipinski definition) is 5. The number of carbonyl (C=O) groups is 1. The zero-order chi connectivity index (χ0) is 26.5. The molecule has 0 spiro atoms. The van der Waals surface area contributed by atoms with Crippen molar-refractivity contribution in [1.29, 1.82) is 0 Å². The van der Waals surface area contributed by atoms with E-state index in [1.165, 1.54) is 0 Å². The number of para-hydroxylation sites is 1. The molecule has 190 valence electrons. The van der Waals surface area contributed by atoms with Gasteiger partial charge in [0.15, 0.2) is 5.82 Å². The number of anilines is 1. The number of pyridine rings is 1. The molecule has 0 radical (unpaired) electrons. The largest absolute Gasteiger partial charge is 0.347 e. The van der Waals surface area contributed by atoms with E-state index in [2.05, 4.69) is 77.0 Å². The summed E-state index contributed by atoms with van der Waals surface area (Å²) in [4.78, 5) is 18.3. The van der Waals surface area contributed by atoms with Gasteiger partial charge in [0.05, 0.1) is 22.8 Å². The van der Waals surface area contributed by atoms with Gasteiger partial charge < -0.3 is 14.5 Å². The molecule has 0 aliphatic carbocycles. The third-order valence-electron chi connectivity index (χ3n) is 6.66. The molecule has 0 aliphatic rings. The average molecular weight is 497 g/mol. The summed E-state index contributed by atoms with van der Waals surface area (Å²) >= 11 is 0. The third-order valence-corrected chi connectivity index (χ3v) is 6.66. The molecule has 9 heteroatoms. The van der Waals surface area contributed by atoms with Crippen molar-refractivity contribution < 1.29 is 4.79 Å². The molecule has 0 saturated heterocycles. The molecule has 1 aromatic carbocycles. The second-order valence-corrected chi connectivity index (χ2v) is 10.6. The van der Waals surface area contributed by atoms with Crippen LogP contribution in [0.3, 0.4) is 0 Å².